The quantitative estimate of drug-likeness (QED) is 0.194. The number of carbonyl (C=O) groups excluding carboxylic acids is 1. The number of unbranched alkanes of at least 4 members (excludes halogenated alkanes) is 6. The third-order valence-corrected chi connectivity index (χ3v) is 7.68. The smallest absolute Gasteiger partial charge is 0.317 e. The molecule has 0 aliphatic carbocycles. The van der Waals surface area contributed by atoms with Gasteiger partial charge >= 0.3 is 17.9 Å². The third kappa shape index (κ3) is 17.0. The highest BCUT2D eigenvalue weighted by Crippen LogP contribution is 2.14. The molecule has 0 radical (unpaired) electrons. The molecular formula is C31H51N5O7. The van der Waals surface area contributed by atoms with E-state index in [1.54, 1.807) is 14.7 Å². The van der Waals surface area contributed by atoms with E-state index in [0.29, 0.717) is 58.0 Å². The Kier molecular flexibility index (Phi) is 17.5. The van der Waals surface area contributed by atoms with Crippen LogP contribution in [0.2, 0.25) is 0 Å². The van der Waals surface area contributed by atoms with Crippen LogP contribution in [0.1, 0.15) is 57.4 Å². The van der Waals surface area contributed by atoms with Gasteiger partial charge in [-0.1, -0.05) is 57.6 Å². The maximum absolute atomic E-state index is 13.0. The van der Waals surface area contributed by atoms with Gasteiger partial charge in [0.2, 0.25) is 5.91 Å². The molecule has 1 aliphatic rings. The van der Waals surface area contributed by atoms with Gasteiger partial charge in [-0.2, -0.15) is 0 Å². The monoisotopic (exact) mass is 605 g/mol. The topological polar surface area (TPSA) is 154 Å². The molecule has 1 aromatic carbocycles. The minimum Gasteiger partial charge on any atom is -0.480 e. The lowest BCUT2D eigenvalue weighted by Gasteiger charge is -2.32. The van der Waals surface area contributed by atoms with Gasteiger partial charge in [0.15, 0.2) is 0 Å². The molecule has 2 rings (SSSR count). The van der Waals surface area contributed by atoms with Gasteiger partial charge in [-0.05, 0) is 30.5 Å². The second-order valence-corrected chi connectivity index (χ2v) is 11.4. The molecule has 0 atom stereocenters. The van der Waals surface area contributed by atoms with Gasteiger partial charge in [0.25, 0.3) is 0 Å². The molecule has 1 aliphatic heterocycles. The fourth-order valence-corrected chi connectivity index (χ4v) is 5.23. The van der Waals surface area contributed by atoms with Crippen molar-refractivity contribution in [1.29, 1.82) is 0 Å². The van der Waals surface area contributed by atoms with Crippen LogP contribution in [0.5, 0.6) is 0 Å². The number of anilines is 1. The number of nitrogens with one attached hydrogen (secondary N) is 1. The Hall–Kier alpha value is -3.06. The highest BCUT2D eigenvalue weighted by Gasteiger charge is 2.21. The molecule has 43 heavy (non-hydrogen) atoms. The normalized spacial score (nSPS) is 16.7. The number of aliphatic carboxylic acids is 3. The van der Waals surface area contributed by atoms with Gasteiger partial charge in [0.1, 0.15) is 0 Å². The number of hydrogen-bond acceptors (Lipinski definition) is 8. The number of benzene rings is 1. The summed E-state index contributed by atoms with van der Waals surface area (Å²) in [5, 5.41) is 31.0. The van der Waals surface area contributed by atoms with E-state index in [-0.39, 0.29) is 32.1 Å². The predicted molar refractivity (Wildman–Crippen MR) is 165 cm³/mol. The summed E-state index contributed by atoms with van der Waals surface area (Å²) in [7, 11) is 0. The number of nitrogens with zero attached hydrogens (tertiary/aromatic N) is 4. The Bertz CT molecular complexity index is 959. The summed E-state index contributed by atoms with van der Waals surface area (Å²) >= 11 is 0. The van der Waals surface area contributed by atoms with Gasteiger partial charge in [-0.25, -0.2) is 0 Å². The first kappa shape index (κ1) is 36.1. The minimum atomic E-state index is -0.998. The standard InChI is InChI=1S/C31H51N5O7/c1-2-3-4-5-6-7-8-9-26-10-12-27(13-11-26)32-28(37)22-33-14-16-34(23-29(38)39)18-20-36(25-31(42)43)21-19-35(17-15-33)24-30(40)41/h10-13H,2-9,14-25H2,1H3,(H,32,37)(H,38,39)(H,40,41)(H,42,43). The Morgan fingerprint density at radius 3 is 1.35 bits per heavy atom. The van der Waals surface area contributed by atoms with Crippen molar-refractivity contribution in [3.8, 4) is 0 Å². The van der Waals surface area contributed by atoms with E-state index in [1.165, 1.54) is 44.1 Å². The van der Waals surface area contributed by atoms with Gasteiger partial charge in [0, 0.05) is 58.0 Å². The minimum absolute atomic E-state index is 0.0761. The van der Waals surface area contributed by atoms with Gasteiger partial charge < -0.3 is 20.6 Å². The molecule has 0 saturated carbocycles. The predicted octanol–water partition coefficient (Wildman–Crippen LogP) is 2.39. The third-order valence-electron chi connectivity index (χ3n) is 7.68. The maximum Gasteiger partial charge on any atom is 0.317 e. The summed E-state index contributed by atoms with van der Waals surface area (Å²) in [6.07, 6.45) is 9.86. The number of carboxylic acids is 3. The van der Waals surface area contributed by atoms with Crippen molar-refractivity contribution >= 4 is 29.5 Å². The molecule has 12 heteroatoms. The number of rotatable bonds is 17. The highest BCUT2D eigenvalue weighted by atomic mass is 16.4. The van der Waals surface area contributed by atoms with Gasteiger partial charge in [0.05, 0.1) is 26.2 Å². The Balaban J connectivity index is 1.96. The van der Waals surface area contributed by atoms with Crippen LogP contribution >= 0.6 is 0 Å². The average molecular weight is 606 g/mol. The Labute approximate surface area is 255 Å². The molecule has 1 fully saturated rings. The fourth-order valence-electron chi connectivity index (χ4n) is 5.23. The lowest BCUT2D eigenvalue weighted by molar-refractivity contribution is -0.140. The Morgan fingerprint density at radius 1 is 0.581 bits per heavy atom. The van der Waals surface area contributed by atoms with Crippen molar-refractivity contribution < 1.29 is 34.5 Å². The molecule has 1 aromatic rings. The fraction of sp³-hybridized carbons (Fsp3) is 0.677. The second-order valence-electron chi connectivity index (χ2n) is 11.4. The molecule has 1 heterocycles. The number of hydrogen-bond donors (Lipinski definition) is 4. The summed E-state index contributed by atoms with van der Waals surface area (Å²) in [6, 6.07) is 7.92. The van der Waals surface area contributed by atoms with Crippen molar-refractivity contribution in [2.45, 2.75) is 58.3 Å². The zero-order valence-corrected chi connectivity index (χ0v) is 25.7. The van der Waals surface area contributed by atoms with Crippen molar-refractivity contribution in [3.63, 3.8) is 0 Å². The van der Waals surface area contributed by atoms with Crippen molar-refractivity contribution in [1.82, 2.24) is 19.6 Å². The molecule has 0 spiro atoms. The average Bonchev–Trinajstić information content (AvgIpc) is 2.94. The van der Waals surface area contributed by atoms with Crippen LogP contribution in [0.25, 0.3) is 0 Å². The van der Waals surface area contributed by atoms with E-state index < -0.39 is 17.9 Å². The van der Waals surface area contributed by atoms with Crippen LogP contribution in [0.3, 0.4) is 0 Å². The van der Waals surface area contributed by atoms with Crippen molar-refractivity contribution in [2.24, 2.45) is 0 Å². The van der Waals surface area contributed by atoms with E-state index in [2.05, 4.69) is 12.2 Å². The van der Waals surface area contributed by atoms with E-state index >= 15 is 0 Å². The zero-order chi connectivity index (χ0) is 31.5. The largest absolute Gasteiger partial charge is 0.480 e. The first-order chi connectivity index (χ1) is 20.6. The first-order valence-corrected chi connectivity index (χ1v) is 15.6. The molecular weight excluding hydrogens is 554 g/mol. The molecule has 0 unspecified atom stereocenters. The van der Waals surface area contributed by atoms with E-state index in [1.807, 2.05) is 29.2 Å². The molecule has 1 saturated heterocycles. The van der Waals surface area contributed by atoms with Crippen LogP contribution in [0.15, 0.2) is 24.3 Å². The second kappa shape index (κ2) is 20.8. The zero-order valence-electron chi connectivity index (χ0n) is 25.7. The Morgan fingerprint density at radius 2 is 0.953 bits per heavy atom. The van der Waals surface area contributed by atoms with Crippen LogP contribution in [-0.4, -0.2) is 137 Å². The highest BCUT2D eigenvalue weighted by molar-refractivity contribution is 5.92. The van der Waals surface area contributed by atoms with Crippen molar-refractivity contribution in [3.05, 3.63) is 29.8 Å². The number of aryl methyl sites for hydroxylation is 1. The SMILES string of the molecule is CCCCCCCCCc1ccc(NC(=O)CN2CCN(CC(=O)O)CCN(CC(=O)O)CCN(CC(=O)O)CC2)cc1. The number of amides is 1. The molecule has 242 valence electrons. The summed E-state index contributed by atoms with van der Waals surface area (Å²) in [5.41, 5.74) is 1.95. The summed E-state index contributed by atoms with van der Waals surface area (Å²) in [6.45, 7) is 4.56. The molecule has 0 bridgehead atoms. The van der Waals surface area contributed by atoms with Gasteiger partial charge in [-0.3, -0.25) is 38.8 Å². The lowest BCUT2D eigenvalue weighted by atomic mass is 10.0. The number of carbonyl (C=O) groups is 4. The molecule has 1 amide bonds. The van der Waals surface area contributed by atoms with E-state index in [0.717, 1.165) is 12.8 Å². The van der Waals surface area contributed by atoms with Crippen LogP contribution in [0.4, 0.5) is 5.69 Å². The van der Waals surface area contributed by atoms with Gasteiger partial charge in [-0.15, -0.1) is 0 Å². The lowest BCUT2D eigenvalue weighted by Crippen LogP contribution is -2.49. The van der Waals surface area contributed by atoms with Crippen LogP contribution < -0.4 is 5.32 Å². The first-order valence-electron chi connectivity index (χ1n) is 15.6. The molecule has 4 N–H and O–H groups in total. The van der Waals surface area contributed by atoms with Crippen LogP contribution in [0, 0.1) is 0 Å². The molecule has 12 nitrogen and oxygen atoms in total. The molecule has 0 aromatic heterocycles. The number of carboxylic acid groups (broad SMARTS) is 3. The van der Waals surface area contributed by atoms with E-state index in [4.69, 9.17) is 0 Å². The van der Waals surface area contributed by atoms with Crippen molar-refractivity contribution in [2.75, 3.05) is 83.9 Å². The summed E-state index contributed by atoms with van der Waals surface area (Å²) in [4.78, 5) is 54.3. The summed E-state index contributed by atoms with van der Waals surface area (Å²) in [5.74, 6) is -3.16. The van der Waals surface area contributed by atoms with Crippen LogP contribution in [-0.2, 0) is 25.6 Å². The van der Waals surface area contributed by atoms with E-state index in [9.17, 15) is 34.5 Å². The maximum atomic E-state index is 13.0. The summed E-state index contributed by atoms with van der Waals surface area (Å²) < 4.78 is 0.